The molecule has 0 saturated carbocycles. The molecule has 0 fully saturated rings. The average Bonchev–Trinajstić information content (AvgIpc) is 2.78. The molecule has 156 valence electrons. The summed E-state index contributed by atoms with van der Waals surface area (Å²) in [6, 6.07) is 24.0. The summed E-state index contributed by atoms with van der Waals surface area (Å²) >= 11 is 7.40. The quantitative estimate of drug-likeness (QED) is 0.324. The molecule has 1 N–H and O–H groups in total. The number of amides is 1. The summed E-state index contributed by atoms with van der Waals surface area (Å²) in [5.74, 6) is -0.216. The summed E-state index contributed by atoms with van der Waals surface area (Å²) < 4.78 is 1.63. The van der Waals surface area contributed by atoms with Gasteiger partial charge in [-0.2, -0.15) is 0 Å². The molecule has 1 heterocycles. The normalized spacial score (nSPS) is 11.9. The Balaban J connectivity index is 1.67. The van der Waals surface area contributed by atoms with Gasteiger partial charge in [0.05, 0.1) is 33.4 Å². The van der Waals surface area contributed by atoms with E-state index in [4.69, 9.17) is 16.6 Å². The highest BCUT2D eigenvalue weighted by atomic mass is 35.5. The van der Waals surface area contributed by atoms with Gasteiger partial charge in [0.1, 0.15) is 0 Å². The first-order chi connectivity index (χ1) is 15.0. The number of carbonyl (C=O) groups excluding carboxylic acids is 1. The molecule has 0 saturated heterocycles. The van der Waals surface area contributed by atoms with Crippen LogP contribution in [-0.2, 0) is 11.3 Å². The van der Waals surface area contributed by atoms with Crippen LogP contribution in [0.4, 0.5) is 5.69 Å². The number of halogens is 1. The van der Waals surface area contributed by atoms with Gasteiger partial charge in [-0.25, -0.2) is 4.98 Å². The number of para-hydroxylation sites is 2. The van der Waals surface area contributed by atoms with E-state index in [0.717, 1.165) is 5.56 Å². The van der Waals surface area contributed by atoms with Gasteiger partial charge in [-0.15, -0.1) is 0 Å². The van der Waals surface area contributed by atoms with E-state index in [9.17, 15) is 9.59 Å². The second kappa shape index (κ2) is 9.37. The number of hydrogen-bond donors (Lipinski definition) is 1. The molecule has 7 heteroatoms. The molecular formula is C24H20ClN3O2S. The lowest BCUT2D eigenvalue weighted by molar-refractivity contribution is -0.115. The lowest BCUT2D eigenvalue weighted by Gasteiger charge is -2.17. The minimum atomic E-state index is -0.494. The van der Waals surface area contributed by atoms with E-state index >= 15 is 0 Å². The molecule has 3 aromatic carbocycles. The third-order valence-corrected chi connectivity index (χ3v) is 6.21. The highest BCUT2D eigenvalue weighted by molar-refractivity contribution is 8.00. The molecule has 1 amide bonds. The average molecular weight is 450 g/mol. The molecule has 0 aliphatic rings. The summed E-state index contributed by atoms with van der Waals surface area (Å²) in [6.07, 6.45) is 0. The van der Waals surface area contributed by atoms with Crippen LogP contribution in [0.15, 0.2) is 88.8 Å². The molecule has 31 heavy (non-hydrogen) atoms. The second-order valence-corrected chi connectivity index (χ2v) is 8.73. The van der Waals surface area contributed by atoms with Gasteiger partial charge in [-0.05, 0) is 36.8 Å². The van der Waals surface area contributed by atoms with Crippen molar-refractivity contribution in [1.82, 2.24) is 9.55 Å². The minimum Gasteiger partial charge on any atom is -0.324 e. The summed E-state index contributed by atoms with van der Waals surface area (Å²) in [7, 11) is 0. The first-order valence-corrected chi connectivity index (χ1v) is 11.0. The first-order valence-electron chi connectivity index (χ1n) is 9.78. The maximum atomic E-state index is 13.2. The van der Waals surface area contributed by atoms with Gasteiger partial charge < -0.3 is 5.32 Å². The summed E-state index contributed by atoms with van der Waals surface area (Å²) in [6.45, 7) is 2.16. The Morgan fingerprint density at radius 2 is 1.71 bits per heavy atom. The van der Waals surface area contributed by atoms with Crippen molar-refractivity contribution < 1.29 is 4.79 Å². The number of benzene rings is 3. The van der Waals surface area contributed by atoms with Gasteiger partial charge in [0.2, 0.25) is 5.91 Å². The zero-order valence-corrected chi connectivity index (χ0v) is 18.4. The van der Waals surface area contributed by atoms with E-state index in [2.05, 4.69) is 5.32 Å². The smallest absolute Gasteiger partial charge is 0.262 e. The van der Waals surface area contributed by atoms with Crippen molar-refractivity contribution in [3.63, 3.8) is 0 Å². The zero-order chi connectivity index (χ0) is 21.8. The van der Waals surface area contributed by atoms with Crippen LogP contribution in [0.3, 0.4) is 0 Å². The van der Waals surface area contributed by atoms with Crippen LogP contribution in [-0.4, -0.2) is 20.7 Å². The van der Waals surface area contributed by atoms with Crippen molar-refractivity contribution in [2.24, 2.45) is 0 Å². The van der Waals surface area contributed by atoms with Crippen LogP contribution < -0.4 is 10.9 Å². The zero-order valence-electron chi connectivity index (χ0n) is 16.8. The lowest BCUT2D eigenvalue weighted by Crippen LogP contribution is -2.27. The molecule has 1 unspecified atom stereocenters. The molecule has 4 rings (SSSR count). The maximum Gasteiger partial charge on any atom is 0.262 e. The Kier molecular flexibility index (Phi) is 6.39. The van der Waals surface area contributed by atoms with Crippen molar-refractivity contribution in [1.29, 1.82) is 0 Å². The number of nitrogens with zero attached hydrogens (tertiary/aromatic N) is 2. The van der Waals surface area contributed by atoms with Gasteiger partial charge >= 0.3 is 0 Å². The predicted molar refractivity (Wildman–Crippen MR) is 127 cm³/mol. The van der Waals surface area contributed by atoms with Gasteiger partial charge in [-0.1, -0.05) is 78.0 Å². The number of fused-ring (bicyclic) bond motifs is 1. The van der Waals surface area contributed by atoms with Crippen molar-refractivity contribution in [3.05, 3.63) is 99.8 Å². The highest BCUT2D eigenvalue weighted by Crippen LogP contribution is 2.26. The minimum absolute atomic E-state index is 0.129. The second-order valence-electron chi connectivity index (χ2n) is 7.02. The summed E-state index contributed by atoms with van der Waals surface area (Å²) in [4.78, 5) is 30.7. The summed E-state index contributed by atoms with van der Waals surface area (Å²) in [5, 5.41) is 3.87. The van der Waals surface area contributed by atoms with E-state index in [0.29, 0.717) is 33.3 Å². The van der Waals surface area contributed by atoms with E-state index in [-0.39, 0.29) is 11.5 Å². The predicted octanol–water partition coefficient (Wildman–Crippen LogP) is 5.22. The number of thioether (sulfide) groups is 1. The Morgan fingerprint density at radius 3 is 2.48 bits per heavy atom. The monoisotopic (exact) mass is 449 g/mol. The van der Waals surface area contributed by atoms with Gasteiger partial charge in [0.15, 0.2) is 5.16 Å². The standard InChI is InChI=1S/C24H20ClN3O2S/c1-16(22(29)26-21-14-8-6-12-19(21)25)31-24-27-20-13-7-5-11-18(20)23(30)28(24)15-17-9-3-2-4-10-17/h2-14,16H,15H2,1H3,(H,26,29). The topological polar surface area (TPSA) is 64.0 Å². The van der Waals surface area contributed by atoms with Crippen molar-refractivity contribution in [2.45, 2.75) is 23.9 Å². The van der Waals surface area contributed by atoms with Crippen molar-refractivity contribution in [3.8, 4) is 0 Å². The Morgan fingerprint density at radius 1 is 1.03 bits per heavy atom. The van der Waals surface area contributed by atoms with E-state index < -0.39 is 5.25 Å². The molecule has 0 spiro atoms. The van der Waals surface area contributed by atoms with E-state index in [1.165, 1.54) is 11.8 Å². The summed E-state index contributed by atoms with van der Waals surface area (Å²) in [5.41, 5.74) is 2.01. The molecule has 5 nitrogen and oxygen atoms in total. The molecule has 1 atom stereocenters. The number of rotatable bonds is 6. The van der Waals surface area contributed by atoms with Gasteiger partial charge in [0, 0.05) is 0 Å². The molecule has 0 aliphatic carbocycles. The van der Waals surface area contributed by atoms with Crippen LogP contribution in [0.25, 0.3) is 10.9 Å². The van der Waals surface area contributed by atoms with Gasteiger partial charge in [0.25, 0.3) is 5.56 Å². The number of nitrogens with one attached hydrogen (secondary N) is 1. The van der Waals surface area contributed by atoms with Crippen LogP contribution in [0.2, 0.25) is 5.02 Å². The van der Waals surface area contributed by atoms with Gasteiger partial charge in [-0.3, -0.25) is 14.2 Å². The Hall–Kier alpha value is -3.09. The molecule has 0 bridgehead atoms. The fourth-order valence-corrected chi connectivity index (χ4v) is 4.24. The molecule has 0 radical (unpaired) electrons. The number of anilines is 1. The SMILES string of the molecule is CC(Sc1nc2ccccc2c(=O)n1Cc1ccccc1)C(=O)Nc1ccccc1Cl. The first kappa shape index (κ1) is 21.2. The third kappa shape index (κ3) is 4.81. The number of carbonyl (C=O) groups is 1. The third-order valence-electron chi connectivity index (χ3n) is 4.79. The Labute approximate surface area is 189 Å². The fourth-order valence-electron chi connectivity index (χ4n) is 3.15. The van der Waals surface area contributed by atoms with Crippen molar-refractivity contribution in [2.75, 3.05) is 5.32 Å². The van der Waals surface area contributed by atoms with Crippen LogP contribution in [0.5, 0.6) is 0 Å². The highest BCUT2D eigenvalue weighted by Gasteiger charge is 2.20. The van der Waals surface area contributed by atoms with Crippen LogP contribution >= 0.6 is 23.4 Å². The van der Waals surface area contributed by atoms with E-state index in [1.54, 1.807) is 35.8 Å². The van der Waals surface area contributed by atoms with E-state index in [1.807, 2.05) is 54.6 Å². The molecule has 1 aromatic heterocycles. The molecular weight excluding hydrogens is 430 g/mol. The number of aromatic nitrogens is 2. The van der Waals surface area contributed by atoms with Crippen molar-refractivity contribution >= 4 is 45.9 Å². The van der Waals surface area contributed by atoms with Crippen LogP contribution in [0, 0.1) is 0 Å². The lowest BCUT2D eigenvalue weighted by atomic mass is 10.2. The molecule has 0 aliphatic heterocycles. The maximum absolute atomic E-state index is 13.2. The fraction of sp³-hybridized carbons (Fsp3) is 0.125. The number of hydrogen-bond acceptors (Lipinski definition) is 4. The van der Waals surface area contributed by atoms with Crippen LogP contribution in [0.1, 0.15) is 12.5 Å². The largest absolute Gasteiger partial charge is 0.324 e. The molecule has 4 aromatic rings. The Bertz CT molecular complexity index is 1290.